The molecule has 9 heteroatoms. The lowest BCUT2D eigenvalue weighted by molar-refractivity contribution is -0.119. The van der Waals surface area contributed by atoms with E-state index in [1.165, 1.54) is 4.80 Å². The van der Waals surface area contributed by atoms with E-state index in [0.29, 0.717) is 35.3 Å². The zero-order chi connectivity index (χ0) is 22.3. The van der Waals surface area contributed by atoms with Crippen molar-refractivity contribution in [1.82, 2.24) is 25.2 Å². The Morgan fingerprint density at radius 1 is 1.16 bits per heavy atom. The highest BCUT2D eigenvalue weighted by molar-refractivity contribution is 6.30. The predicted molar refractivity (Wildman–Crippen MR) is 121 cm³/mol. The summed E-state index contributed by atoms with van der Waals surface area (Å²) < 4.78 is 5.81. The van der Waals surface area contributed by atoms with Crippen molar-refractivity contribution in [3.8, 4) is 17.1 Å². The highest BCUT2D eigenvalue weighted by atomic mass is 35.5. The molecule has 0 aliphatic rings. The van der Waals surface area contributed by atoms with E-state index < -0.39 is 6.04 Å². The molecule has 0 saturated heterocycles. The van der Waals surface area contributed by atoms with Gasteiger partial charge in [0.1, 0.15) is 12.4 Å². The second kappa shape index (κ2) is 10.0. The van der Waals surface area contributed by atoms with E-state index in [2.05, 4.69) is 25.7 Å². The van der Waals surface area contributed by atoms with Gasteiger partial charge >= 0.3 is 0 Å². The summed E-state index contributed by atoms with van der Waals surface area (Å²) in [6.45, 7) is 2.28. The van der Waals surface area contributed by atoms with E-state index in [1.807, 2.05) is 43.3 Å². The van der Waals surface area contributed by atoms with Crippen molar-refractivity contribution in [1.29, 1.82) is 0 Å². The maximum Gasteiger partial charge on any atom is 0.251 e. The highest BCUT2D eigenvalue weighted by Gasteiger charge is 2.22. The first-order valence-electron chi connectivity index (χ1n) is 10.1. The predicted octanol–water partition coefficient (Wildman–Crippen LogP) is 4.56. The van der Waals surface area contributed by atoms with Gasteiger partial charge in [0.2, 0.25) is 5.82 Å². The average Bonchev–Trinajstić information content (AvgIpc) is 3.29. The molecule has 8 nitrogen and oxygen atoms in total. The molecule has 1 N–H and O–H groups in total. The normalized spacial score (nSPS) is 11.7. The molecule has 0 bridgehead atoms. The number of pyridine rings is 1. The summed E-state index contributed by atoms with van der Waals surface area (Å²) in [7, 11) is 0. The number of tetrazole rings is 1. The van der Waals surface area contributed by atoms with Gasteiger partial charge in [-0.1, -0.05) is 30.7 Å². The molecule has 1 atom stereocenters. The minimum atomic E-state index is -0.608. The van der Waals surface area contributed by atoms with Crippen LogP contribution < -0.4 is 10.1 Å². The monoisotopic (exact) mass is 448 g/mol. The number of nitrogens with one attached hydrogen (secondary N) is 1. The van der Waals surface area contributed by atoms with Crippen LogP contribution in [-0.2, 0) is 11.4 Å². The van der Waals surface area contributed by atoms with Crippen LogP contribution in [0.4, 0.5) is 5.69 Å². The van der Waals surface area contributed by atoms with Crippen LogP contribution in [0.2, 0.25) is 5.02 Å². The second-order valence-electron chi connectivity index (χ2n) is 7.03. The Morgan fingerprint density at radius 2 is 2.00 bits per heavy atom. The molecule has 1 unspecified atom stereocenters. The number of rotatable bonds is 8. The van der Waals surface area contributed by atoms with Gasteiger partial charge < -0.3 is 10.1 Å². The first-order chi connectivity index (χ1) is 15.6. The molecule has 0 aliphatic carbocycles. The molecule has 2 heterocycles. The number of aromatic nitrogens is 5. The Labute approximate surface area is 190 Å². The molecule has 4 rings (SSSR count). The van der Waals surface area contributed by atoms with Crippen LogP contribution >= 0.6 is 11.6 Å². The molecule has 2 aromatic carbocycles. The van der Waals surface area contributed by atoms with Gasteiger partial charge in [0, 0.05) is 40.3 Å². The van der Waals surface area contributed by atoms with Gasteiger partial charge in [-0.2, -0.15) is 4.80 Å². The summed E-state index contributed by atoms with van der Waals surface area (Å²) in [6.07, 6.45) is 3.96. The van der Waals surface area contributed by atoms with Gasteiger partial charge in [-0.15, -0.1) is 10.2 Å². The summed E-state index contributed by atoms with van der Waals surface area (Å²) in [5.74, 6) is 0.833. The van der Waals surface area contributed by atoms with Gasteiger partial charge in [-0.3, -0.25) is 9.78 Å². The van der Waals surface area contributed by atoms with E-state index >= 15 is 0 Å². The Morgan fingerprint density at radius 3 is 2.75 bits per heavy atom. The van der Waals surface area contributed by atoms with Crippen molar-refractivity contribution in [2.45, 2.75) is 26.0 Å². The molecule has 0 radical (unpaired) electrons. The fourth-order valence-corrected chi connectivity index (χ4v) is 3.19. The highest BCUT2D eigenvalue weighted by Crippen LogP contribution is 2.22. The molecular formula is C23H21ClN6O2. The van der Waals surface area contributed by atoms with Crippen LogP contribution in [-0.4, -0.2) is 31.1 Å². The molecule has 0 spiro atoms. The number of amides is 1. The van der Waals surface area contributed by atoms with Crippen LogP contribution in [0.1, 0.15) is 24.9 Å². The summed E-state index contributed by atoms with van der Waals surface area (Å²) in [5, 5.41) is 16.1. The van der Waals surface area contributed by atoms with Crippen LogP contribution in [0, 0.1) is 0 Å². The standard InChI is InChI=1S/C23H21ClN6O2/c1-2-21(30-28-22(27-29-30)17-8-10-18(24)11-9-17)23(31)26-19-6-3-7-20(13-19)32-15-16-5-4-12-25-14-16/h3-14,21H,2,15H2,1H3,(H,26,31). The first kappa shape index (κ1) is 21.5. The minimum Gasteiger partial charge on any atom is -0.489 e. The quantitative estimate of drug-likeness (QED) is 0.424. The van der Waals surface area contributed by atoms with Crippen molar-refractivity contribution in [3.63, 3.8) is 0 Å². The smallest absolute Gasteiger partial charge is 0.251 e. The SMILES string of the molecule is CCC(C(=O)Nc1cccc(OCc2cccnc2)c1)n1nnc(-c2ccc(Cl)cc2)n1. The van der Waals surface area contributed by atoms with Crippen LogP contribution in [0.25, 0.3) is 11.4 Å². The number of hydrogen-bond donors (Lipinski definition) is 1. The largest absolute Gasteiger partial charge is 0.489 e. The number of nitrogens with zero attached hydrogens (tertiary/aromatic N) is 5. The lowest BCUT2D eigenvalue weighted by Gasteiger charge is -2.14. The van der Waals surface area contributed by atoms with E-state index in [4.69, 9.17) is 16.3 Å². The molecule has 4 aromatic rings. The Bertz CT molecular complexity index is 1180. The third-order valence-corrected chi connectivity index (χ3v) is 4.98. The summed E-state index contributed by atoms with van der Waals surface area (Å²) in [4.78, 5) is 18.3. The maximum absolute atomic E-state index is 12.9. The third kappa shape index (κ3) is 5.28. The van der Waals surface area contributed by atoms with E-state index in [9.17, 15) is 4.79 Å². The van der Waals surface area contributed by atoms with Crippen molar-refractivity contribution in [3.05, 3.63) is 83.6 Å². The molecular weight excluding hydrogens is 428 g/mol. The molecule has 32 heavy (non-hydrogen) atoms. The summed E-state index contributed by atoms with van der Waals surface area (Å²) in [6, 6.07) is 17.5. The van der Waals surface area contributed by atoms with Gasteiger partial charge in [-0.25, -0.2) is 0 Å². The summed E-state index contributed by atoms with van der Waals surface area (Å²) >= 11 is 5.93. The number of carbonyl (C=O) groups is 1. The number of anilines is 1. The molecule has 162 valence electrons. The second-order valence-corrected chi connectivity index (χ2v) is 7.47. The van der Waals surface area contributed by atoms with Crippen molar-refractivity contribution < 1.29 is 9.53 Å². The average molecular weight is 449 g/mol. The van der Waals surface area contributed by atoms with Crippen LogP contribution in [0.3, 0.4) is 0 Å². The van der Waals surface area contributed by atoms with E-state index in [0.717, 1.165) is 11.1 Å². The van der Waals surface area contributed by atoms with Crippen LogP contribution in [0.15, 0.2) is 73.1 Å². The topological polar surface area (TPSA) is 94.8 Å². The fourth-order valence-electron chi connectivity index (χ4n) is 3.06. The van der Waals surface area contributed by atoms with Crippen molar-refractivity contribution >= 4 is 23.2 Å². The van der Waals surface area contributed by atoms with E-state index in [-0.39, 0.29) is 5.91 Å². The van der Waals surface area contributed by atoms with Gasteiger partial charge in [0.15, 0.2) is 6.04 Å². The Kier molecular flexibility index (Phi) is 6.72. The fraction of sp³-hybridized carbons (Fsp3) is 0.174. The first-order valence-corrected chi connectivity index (χ1v) is 10.5. The minimum absolute atomic E-state index is 0.239. The van der Waals surface area contributed by atoms with Crippen LogP contribution in [0.5, 0.6) is 5.75 Å². The molecule has 2 aromatic heterocycles. The zero-order valence-electron chi connectivity index (χ0n) is 17.4. The number of benzene rings is 2. The number of hydrogen-bond acceptors (Lipinski definition) is 6. The van der Waals surface area contributed by atoms with Crippen molar-refractivity contribution in [2.24, 2.45) is 0 Å². The summed E-state index contributed by atoms with van der Waals surface area (Å²) in [5.41, 5.74) is 2.35. The lowest BCUT2D eigenvalue weighted by atomic mass is 10.2. The maximum atomic E-state index is 12.9. The van der Waals surface area contributed by atoms with Gasteiger partial charge in [-0.05, 0) is 54.1 Å². The number of halogens is 1. The molecule has 0 aliphatic heterocycles. The van der Waals surface area contributed by atoms with Gasteiger partial charge in [0.05, 0.1) is 0 Å². The third-order valence-electron chi connectivity index (χ3n) is 4.73. The zero-order valence-corrected chi connectivity index (χ0v) is 18.1. The lowest BCUT2D eigenvalue weighted by Crippen LogP contribution is -2.27. The van der Waals surface area contributed by atoms with Gasteiger partial charge in [0.25, 0.3) is 5.91 Å². The van der Waals surface area contributed by atoms with E-state index in [1.54, 1.807) is 36.7 Å². The number of carbonyl (C=O) groups excluding carboxylic acids is 1. The molecule has 1 amide bonds. The number of ether oxygens (including phenoxy) is 1. The van der Waals surface area contributed by atoms with Crippen molar-refractivity contribution in [2.75, 3.05) is 5.32 Å². The Hall–Kier alpha value is -3.78. The molecule has 0 fully saturated rings. The Balaban J connectivity index is 1.43. The molecule has 0 saturated carbocycles.